The zero-order chi connectivity index (χ0) is 14.3. The van der Waals surface area contributed by atoms with Crippen molar-refractivity contribution in [2.24, 2.45) is 0 Å². The molecular formula is C12H7BN4O3. The number of Topliss-reactive ketones (excluding diaryl/α,β-unsaturated/α-hetero) is 1. The van der Waals surface area contributed by atoms with Gasteiger partial charge in [0.2, 0.25) is 0 Å². The molecule has 0 aliphatic rings. The minimum absolute atomic E-state index is 0.000746. The maximum Gasteiger partial charge on any atom is 0.377 e. The van der Waals surface area contributed by atoms with E-state index in [0.29, 0.717) is 16.7 Å². The summed E-state index contributed by atoms with van der Waals surface area (Å²) >= 11 is 0. The number of hydrogen-bond donors (Lipinski definition) is 2. The number of carbonyl (C=O) groups excluding carboxylic acids is 1. The van der Waals surface area contributed by atoms with Gasteiger partial charge in [-0.1, -0.05) is 5.46 Å². The summed E-state index contributed by atoms with van der Waals surface area (Å²) in [5, 5.41) is 13.2. The average Bonchev–Trinajstić information content (AvgIpc) is 3.07. The first-order valence-corrected chi connectivity index (χ1v) is 5.63. The van der Waals surface area contributed by atoms with Gasteiger partial charge < -0.3 is 10.1 Å². The Kier molecular flexibility index (Phi) is 2.64. The Balaban J connectivity index is 2.31. The zero-order valence-electron chi connectivity index (χ0n) is 10.1. The molecule has 0 aliphatic carbocycles. The van der Waals surface area contributed by atoms with E-state index in [9.17, 15) is 9.59 Å². The highest BCUT2D eigenvalue weighted by molar-refractivity contribution is 6.46. The third kappa shape index (κ3) is 1.70. The van der Waals surface area contributed by atoms with Gasteiger partial charge in [-0.2, -0.15) is 5.10 Å². The van der Waals surface area contributed by atoms with Crippen molar-refractivity contribution in [1.29, 1.82) is 0 Å². The number of aromatic amines is 1. The Bertz CT molecular complexity index is 823. The molecule has 0 spiro atoms. The SMILES string of the molecule is [B]c1cnc(-n2cccn2)c2[nH]cc(C(=O)C(=O)O)c12. The number of hydrogen-bond acceptors (Lipinski definition) is 4. The number of carboxylic acids is 1. The van der Waals surface area contributed by atoms with Crippen LogP contribution in [0, 0.1) is 0 Å². The predicted octanol–water partition coefficient (Wildman–Crippen LogP) is -0.190. The highest BCUT2D eigenvalue weighted by atomic mass is 16.4. The van der Waals surface area contributed by atoms with Crippen molar-refractivity contribution < 1.29 is 14.7 Å². The van der Waals surface area contributed by atoms with E-state index < -0.39 is 11.8 Å². The lowest BCUT2D eigenvalue weighted by molar-refractivity contribution is -0.131. The van der Waals surface area contributed by atoms with Crippen LogP contribution in [0.15, 0.2) is 30.9 Å². The van der Waals surface area contributed by atoms with Gasteiger partial charge in [0.25, 0.3) is 5.78 Å². The monoisotopic (exact) mass is 266 g/mol. The largest absolute Gasteiger partial charge is 0.475 e. The van der Waals surface area contributed by atoms with Gasteiger partial charge in [0.1, 0.15) is 7.85 Å². The third-order valence-corrected chi connectivity index (χ3v) is 2.88. The molecule has 0 saturated heterocycles. The lowest BCUT2D eigenvalue weighted by Crippen LogP contribution is -2.16. The summed E-state index contributed by atoms with van der Waals surface area (Å²) in [7, 11) is 5.80. The summed E-state index contributed by atoms with van der Waals surface area (Å²) in [6, 6.07) is 1.72. The highest BCUT2D eigenvalue weighted by Gasteiger charge is 2.21. The first kappa shape index (κ1) is 12.2. The molecule has 8 heteroatoms. The number of ketones is 1. The van der Waals surface area contributed by atoms with Gasteiger partial charge in [0.05, 0.1) is 11.1 Å². The summed E-state index contributed by atoms with van der Waals surface area (Å²) in [5.41, 5.74) is 0.681. The molecule has 0 atom stereocenters. The molecule has 0 bridgehead atoms. The molecule has 3 aromatic heterocycles. The Morgan fingerprint density at radius 1 is 1.40 bits per heavy atom. The lowest BCUT2D eigenvalue weighted by atomic mass is 9.91. The number of aromatic nitrogens is 4. The summed E-state index contributed by atoms with van der Waals surface area (Å²) in [5.74, 6) is -2.13. The quantitative estimate of drug-likeness (QED) is 0.388. The number of fused-ring (bicyclic) bond motifs is 1. The van der Waals surface area contributed by atoms with Crippen LogP contribution in [0.25, 0.3) is 16.7 Å². The number of pyridine rings is 1. The molecular weight excluding hydrogens is 259 g/mol. The fourth-order valence-corrected chi connectivity index (χ4v) is 2.02. The maximum absolute atomic E-state index is 11.7. The van der Waals surface area contributed by atoms with Gasteiger partial charge in [-0.25, -0.2) is 14.5 Å². The number of H-pyrrole nitrogens is 1. The molecule has 0 fully saturated rings. The van der Waals surface area contributed by atoms with Crippen molar-refractivity contribution in [3.05, 3.63) is 36.4 Å². The molecule has 3 aromatic rings. The van der Waals surface area contributed by atoms with E-state index in [0.717, 1.165) is 0 Å². The molecule has 3 heterocycles. The van der Waals surface area contributed by atoms with Crippen LogP contribution >= 0.6 is 0 Å². The van der Waals surface area contributed by atoms with Crippen LogP contribution in [-0.4, -0.2) is 44.5 Å². The normalized spacial score (nSPS) is 10.8. The Labute approximate surface area is 113 Å². The number of carbonyl (C=O) groups is 2. The van der Waals surface area contributed by atoms with Crippen molar-refractivity contribution in [2.75, 3.05) is 0 Å². The molecule has 20 heavy (non-hydrogen) atoms. The van der Waals surface area contributed by atoms with E-state index in [1.54, 1.807) is 18.5 Å². The van der Waals surface area contributed by atoms with Crippen molar-refractivity contribution in [2.45, 2.75) is 0 Å². The van der Waals surface area contributed by atoms with Crippen LogP contribution in [0.2, 0.25) is 0 Å². The third-order valence-electron chi connectivity index (χ3n) is 2.88. The van der Waals surface area contributed by atoms with E-state index >= 15 is 0 Å². The van der Waals surface area contributed by atoms with Gasteiger partial charge in [-0.05, 0) is 6.07 Å². The molecule has 2 N–H and O–H groups in total. The Morgan fingerprint density at radius 3 is 2.85 bits per heavy atom. The van der Waals surface area contributed by atoms with Gasteiger partial charge in [0, 0.05) is 30.2 Å². The first-order valence-electron chi connectivity index (χ1n) is 5.63. The van der Waals surface area contributed by atoms with Gasteiger partial charge >= 0.3 is 5.97 Å². The van der Waals surface area contributed by atoms with Crippen molar-refractivity contribution in [1.82, 2.24) is 19.7 Å². The minimum Gasteiger partial charge on any atom is -0.475 e. The van der Waals surface area contributed by atoms with E-state index in [1.807, 2.05) is 0 Å². The maximum atomic E-state index is 11.7. The second kappa shape index (κ2) is 4.34. The average molecular weight is 266 g/mol. The zero-order valence-corrected chi connectivity index (χ0v) is 10.1. The lowest BCUT2D eigenvalue weighted by Gasteiger charge is -2.05. The molecule has 96 valence electrons. The topological polar surface area (TPSA) is 101 Å². The smallest absolute Gasteiger partial charge is 0.377 e. The van der Waals surface area contributed by atoms with E-state index in [1.165, 1.54) is 17.1 Å². The first-order chi connectivity index (χ1) is 9.59. The fourth-order valence-electron chi connectivity index (χ4n) is 2.02. The van der Waals surface area contributed by atoms with Crippen LogP contribution in [0.3, 0.4) is 0 Å². The van der Waals surface area contributed by atoms with Crippen molar-refractivity contribution >= 4 is 36.0 Å². The highest BCUT2D eigenvalue weighted by Crippen LogP contribution is 2.21. The molecule has 0 aliphatic heterocycles. The van der Waals surface area contributed by atoms with Crippen LogP contribution < -0.4 is 5.46 Å². The van der Waals surface area contributed by atoms with Gasteiger partial charge in [-0.3, -0.25) is 4.79 Å². The summed E-state index contributed by atoms with van der Waals surface area (Å²) in [6.45, 7) is 0. The van der Waals surface area contributed by atoms with E-state index in [4.69, 9.17) is 13.0 Å². The summed E-state index contributed by atoms with van der Waals surface area (Å²) < 4.78 is 1.49. The van der Waals surface area contributed by atoms with Gasteiger partial charge in [0.15, 0.2) is 5.82 Å². The Hall–Kier alpha value is -2.90. The molecule has 0 unspecified atom stereocenters. The van der Waals surface area contributed by atoms with Crippen molar-refractivity contribution in [3.8, 4) is 5.82 Å². The molecule has 2 radical (unpaired) electrons. The van der Waals surface area contributed by atoms with Crippen molar-refractivity contribution in [3.63, 3.8) is 0 Å². The van der Waals surface area contributed by atoms with E-state index in [2.05, 4.69) is 15.1 Å². The second-order valence-corrected chi connectivity index (χ2v) is 4.07. The number of rotatable bonds is 3. The van der Waals surface area contributed by atoms with Gasteiger partial charge in [-0.15, -0.1) is 0 Å². The number of aliphatic carboxylic acids is 1. The number of carboxylic acid groups (broad SMARTS) is 1. The molecule has 0 saturated carbocycles. The van der Waals surface area contributed by atoms with Crippen LogP contribution in [-0.2, 0) is 4.79 Å². The fraction of sp³-hybridized carbons (Fsp3) is 0. The molecule has 0 amide bonds. The van der Waals surface area contributed by atoms with Crippen LogP contribution in [0.5, 0.6) is 0 Å². The number of nitrogens with one attached hydrogen (secondary N) is 1. The Morgan fingerprint density at radius 2 is 2.20 bits per heavy atom. The molecule has 3 rings (SSSR count). The summed E-state index contributed by atoms with van der Waals surface area (Å²) in [6.07, 6.45) is 5.94. The molecule has 7 nitrogen and oxygen atoms in total. The standard InChI is InChI=1S/C12H7BN4O3/c13-7-5-15-11(17-3-1-2-16-17)9-8(7)6(4-14-9)10(18)12(19)20/h1-5,14H,(H,19,20). The summed E-state index contributed by atoms with van der Waals surface area (Å²) in [4.78, 5) is 29.5. The molecule has 0 aromatic carbocycles. The minimum atomic E-state index is -1.54. The predicted molar refractivity (Wildman–Crippen MR) is 70.6 cm³/mol. The second-order valence-electron chi connectivity index (χ2n) is 4.07. The van der Waals surface area contributed by atoms with E-state index in [-0.39, 0.29) is 11.0 Å². The van der Waals surface area contributed by atoms with Crippen LogP contribution in [0.4, 0.5) is 0 Å². The van der Waals surface area contributed by atoms with Crippen LogP contribution in [0.1, 0.15) is 10.4 Å². The number of nitrogens with zero attached hydrogens (tertiary/aromatic N) is 3.